The Hall–Kier alpha value is -2.07. The van der Waals surface area contributed by atoms with Gasteiger partial charge in [-0.2, -0.15) is 0 Å². The number of anilines is 3. The number of carbonyl (C=O) groups is 1. The molecule has 118 valence electrons. The molecule has 0 amide bonds. The zero-order valence-electron chi connectivity index (χ0n) is 11.6. The Balaban J connectivity index is 3.08. The number of hydrogen-bond acceptors (Lipinski definition) is 8. The molecular weight excluding hydrogens is 282 g/mol. The highest BCUT2D eigenvalue weighted by Gasteiger charge is 2.21. The molecule has 0 saturated carbocycles. The van der Waals surface area contributed by atoms with Crippen molar-refractivity contribution in [3.05, 3.63) is 28.6 Å². The summed E-state index contributed by atoms with van der Waals surface area (Å²) in [6.45, 7) is 3.69. The van der Waals surface area contributed by atoms with E-state index in [-0.39, 0.29) is 28.2 Å². The Bertz CT molecular complexity index is 492. The minimum Gasteiger partial charge on any atom is -0.769 e. The summed E-state index contributed by atoms with van der Waals surface area (Å²) >= 11 is 0. The molecule has 0 fully saturated rings. The second kappa shape index (κ2) is 7.09. The molecule has 1 aromatic carbocycles. The van der Waals surface area contributed by atoms with Crippen LogP contribution in [0.4, 0.5) is 17.1 Å². The largest absolute Gasteiger partial charge is 0.769 e. The maximum absolute atomic E-state index is 11.2. The van der Waals surface area contributed by atoms with Crippen LogP contribution in [-0.2, 0) is 4.79 Å². The molecule has 1 rings (SSSR count). The van der Waals surface area contributed by atoms with Crippen molar-refractivity contribution in [1.29, 1.82) is 0 Å². The van der Waals surface area contributed by atoms with Gasteiger partial charge >= 0.3 is 5.97 Å². The lowest BCUT2D eigenvalue weighted by Crippen LogP contribution is -2.31. The van der Waals surface area contributed by atoms with Crippen molar-refractivity contribution in [3.8, 4) is 0 Å². The molecule has 1 unspecified atom stereocenters. The minimum atomic E-state index is -1.10. The first-order valence-corrected chi connectivity index (χ1v) is 6.18. The van der Waals surface area contributed by atoms with Crippen molar-refractivity contribution in [1.82, 2.24) is 0 Å². The first kappa shape index (κ1) is 17.0. The van der Waals surface area contributed by atoms with Gasteiger partial charge in [-0.15, -0.1) is 5.23 Å². The van der Waals surface area contributed by atoms with Gasteiger partial charge in [0.05, 0.1) is 5.69 Å². The maximum atomic E-state index is 11.2. The fourth-order valence-electron chi connectivity index (χ4n) is 1.80. The molecule has 0 saturated heterocycles. The maximum Gasteiger partial charge on any atom is 0.326 e. The highest BCUT2D eigenvalue weighted by atomic mass is 16.8. The Morgan fingerprint density at radius 1 is 1.33 bits per heavy atom. The average Bonchev–Trinajstić information content (AvgIpc) is 2.37. The van der Waals surface area contributed by atoms with E-state index in [1.807, 2.05) is 13.8 Å². The zero-order chi connectivity index (χ0) is 16.2. The summed E-state index contributed by atoms with van der Waals surface area (Å²) in [5, 5.41) is 50.4. The van der Waals surface area contributed by atoms with Gasteiger partial charge in [-0.05, 0) is 30.5 Å². The molecule has 21 heavy (non-hydrogen) atoms. The van der Waals surface area contributed by atoms with Gasteiger partial charge in [-0.25, -0.2) is 4.79 Å². The number of carboxylic acid groups (broad SMARTS) is 1. The molecule has 1 aromatic rings. The van der Waals surface area contributed by atoms with Gasteiger partial charge in [0, 0.05) is 5.69 Å². The Morgan fingerprint density at radius 2 is 1.95 bits per heavy atom. The summed E-state index contributed by atoms with van der Waals surface area (Å²) in [7, 11) is 0. The lowest BCUT2D eigenvalue weighted by atomic mass is 10.0. The summed E-state index contributed by atoms with van der Waals surface area (Å²) < 4.78 is 0. The number of hydrogen-bond donors (Lipinski definition) is 4. The van der Waals surface area contributed by atoms with E-state index in [2.05, 4.69) is 5.32 Å². The quantitative estimate of drug-likeness (QED) is 0.555. The lowest BCUT2D eigenvalue weighted by molar-refractivity contribution is -0.138. The van der Waals surface area contributed by atoms with E-state index in [1.54, 1.807) is 0 Å². The van der Waals surface area contributed by atoms with Crippen molar-refractivity contribution in [2.75, 3.05) is 15.8 Å². The Morgan fingerprint density at radius 3 is 2.38 bits per heavy atom. The standard InChI is InChI=1S/C12H17N3O6/c1-7(2)5-10(12(16)17)13-9-4-3-8(14(18)19)6-11(9)15(20)21/h3-4,6-7,10,13,20-21H,5H2,1-2H3,(H,16,17)/q-2. The fourth-order valence-corrected chi connectivity index (χ4v) is 1.80. The third-order valence-corrected chi connectivity index (χ3v) is 2.74. The molecule has 0 aliphatic carbocycles. The number of nitrogens with one attached hydrogen (secondary N) is 1. The highest BCUT2D eigenvalue weighted by Crippen LogP contribution is 2.30. The van der Waals surface area contributed by atoms with Crippen LogP contribution in [-0.4, -0.2) is 27.5 Å². The van der Waals surface area contributed by atoms with Crippen LogP contribution < -0.4 is 15.8 Å². The molecule has 0 bridgehead atoms. The third-order valence-electron chi connectivity index (χ3n) is 2.74. The Kier molecular flexibility index (Phi) is 5.73. The molecule has 1 atom stereocenters. The average molecular weight is 299 g/mol. The molecule has 4 N–H and O–H groups in total. The monoisotopic (exact) mass is 299 g/mol. The van der Waals surface area contributed by atoms with E-state index in [9.17, 15) is 15.2 Å². The number of carboxylic acids is 1. The van der Waals surface area contributed by atoms with Crippen molar-refractivity contribution >= 4 is 23.0 Å². The molecule has 0 radical (unpaired) electrons. The van der Waals surface area contributed by atoms with E-state index >= 15 is 0 Å². The molecule has 9 nitrogen and oxygen atoms in total. The van der Waals surface area contributed by atoms with Crippen LogP contribution in [0.15, 0.2) is 18.2 Å². The van der Waals surface area contributed by atoms with Crippen molar-refractivity contribution in [3.63, 3.8) is 0 Å². The van der Waals surface area contributed by atoms with Crippen LogP contribution in [0.1, 0.15) is 20.3 Å². The van der Waals surface area contributed by atoms with Crippen LogP contribution in [0.25, 0.3) is 0 Å². The van der Waals surface area contributed by atoms with Gasteiger partial charge in [0.15, 0.2) is 0 Å². The summed E-state index contributed by atoms with van der Waals surface area (Å²) in [6, 6.07) is 2.34. The molecular formula is C12H17N3O6-2. The number of rotatable bonds is 7. The van der Waals surface area contributed by atoms with Crippen LogP contribution in [0.3, 0.4) is 0 Å². The van der Waals surface area contributed by atoms with Gasteiger partial charge < -0.3 is 26.1 Å². The topological polar surface area (TPSA) is 142 Å². The molecule has 9 heteroatoms. The summed E-state index contributed by atoms with van der Waals surface area (Å²) in [5.74, 6) is -1.00. The van der Waals surface area contributed by atoms with Crippen molar-refractivity contribution in [2.24, 2.45) is 5.92 Å². The van der Waals surface area contributed by atoms with Crippen molar-refractivity contribution < 1.29 is 20.3 Å². The first-order chi connectivity index (χ1) is 9.72. The zero-order valence-corrected chi connectivity index (χ0v) is 11.6. The number of benzene rings is 1. The summed E-state index contributed by atoms with van der Waals surface area (Å²) in [6.07, 6.45) is 0.308. The van der Waals surface area contributed by atoms with Gasteiger partial charge in [0.1, 0.15) is 11.7 Å². The predicted octanol–water partition coefficient (Wildman–Crippen LogP) is 1.98. The normalized spacial score (nSPS) is 12.1. The third kappa shape index (κ3) is 4.76. The number of nitrogens with zero attached hydrogens (tertiary/aromatic N) is 2. The fraction of sp³-hybridized carbons (Fsp3) is 0.417. The van der Waals surface area contributed by atoms with E-state index in [0.717, 1.165) is 12.1 Å². The molecule has 0 aliphatic rings. The molecule has 0 aromatic heterocycles. The molecule has 0 spiro atoms. The second-order valence-electron chi connectivity index (χ2n) is 4.91. The number of aliphatic carboxylic acids is 1. The smallest absolute Gasteiger partial charge is 0.326 e. The van der Waals surface area contributed by atoms with E-state index < -0.39 is 17.2 Å². The van der Waals surface area contributed by atoms with Gasteiger partial charge in [-0.1, -0.05) is 13.8 Å². The minimum absolute atomic E-state index is 0.0682. The second-order valence-corrected chi connectivity index (χ2v) is 4.91. The predicted molar refractivity (Wildman–Crippen MR) is 76.2 cm³/mol. The molecule has 0 heterocycles. The van der Waals surface area contributed by atoms with Crippen LogP contribution in [0.5, 0.6) is 0 Å². The van der Waals surface area contributed by atoms with Crippen molar-refractivity contribution in [2.45, 2.75) is 26.3 Å². The van der Waals surface area contributed by atoms with Gasteiger partial charge in [-0.3, -0.25) is 10.4 Å². The Labute approximate surface area is 121 Å². The van der Waals surface area contributed by atoms with Crippen LogP contribution >= 0.6 is 0 Å². The molecule has 0 aliphatic heterocycles. The summed E-state index contributed by atoms with van der Waals surface area (Å²) in [5.41, 5.74) is -0.586. The lowest BCUT2D eigenvalue weighted by Gasteiger charge is -2.38. The summed E-state index contributed by atoms with van der Waals surface area (Å²) in [4.78, 5) is 11.2. The van der Waals surface area contributed by atoms with Crippen LogP contribution in [0, 0.1) is 16.3 Å². The SMILES string of the molecule is CC(C)CC(Nc1ccc(N([O-])[O-])cc1N(O)O)C(=O)O. The van der Waals surface area contributed by atoms with Gasteiger partial charge in [0.25, 0.3) is 0 Å². The van der Waals surface area contributed by atoms with E-state index in [4.69, 9.17) is 15.5 Å². The van der Waals surface area contributed by atoms with E-state index in [1.165, 1.54) is 6.07 Å². The van der Waals surface area contributed by atoms with E-state index in [0.29, 0.717) is 6.42 Å². The van der Waals surface area contributed by atoms with Gasteiger partial charge in [0.2, 0.25) is 0 Å². The first-order valence-electron chi connectivity index (χ1n) is 6.18. The van der Waals surface area contributed by atoms with Crippen LogP contribution in [0.2, 0.25) is 0 Å². The highest BCUT2D eigenvalue weighted by molar-refractivity contribution is 5.81.